The number of amides is 2. The Morgan fingerprint density at radius 3 is 2.81 bits per heavy atom. The molecule has 2 rings (SSSR count). The first-order valence-electron chi connectivity index (χ1n) is 6.38. The third kappa shape index (κ3) is 4.16. The van der Waals surface area contributed by atoms with Crippen molar-refractivity contribution in [3.05, 3.63) is 29.0 Å². The van der Waals surface area contributed by atoms with Crippen LogP contribution in [0.2, 0.25) is 5.15 Å². The average Bonchev–Trinajstić information content (AvgIpc) is 2.87. The second-order valence-electron chi connectivity index (χ2n) is 4.75. The smallest absolute Gasteiger partial charge is 0.326 e. The molecule has 1 aromatic heterocycles. The van der Waals surface area contributed by atoms with Crippen molar-refractivity contribution >= 4 is 29.4 Å². The van der Waals surface area contributed by atoms with Gasteiger partial charge in [0.1, 0.15) is 17.2 Å². The van der Waals surface area contributed by atoms with E-state index in [1.54, 1.807) is 12.1 Å². The van der Waals surface area contributed by atoms with Crippen LogP contribution < -0.4 is 10.6 Å². The zero-order chi connectivity index (χ0) is 15.4. The Kier molecular flexibility index (Phi) is 4.74. The zero-order valence-corrected chi connectivity index (χ0v) is 11.8. The van der Waals surface area contributed by atoms with Gasteiger partial charge in [-0.1, -0.05) is 17.7 Å². The number of aliphatic carboxylic acids is 1. The van der Waals surface area contributed by atoms with Crippen LogP contribution in [-0.2, 0) is 20.8 Å². The number of carboxylic acids is 1. The monoisotopic (exact) mass is 311 g/mol. The SMILES string of the molecule is O=C1CC[C@@H](C(=O)N[C@H](Cc2ccc(Cl)nc2)C(=O)O)N1. The molecule has 21 heavy (non-hydrogen) atoms. The van der Waals surface area contributed by atoms with Crippen LogP contribution in [0.15, 0.2) is 18.3 Å². The summed E-state index contributed by atoms with van der Waals surface area (Å²) in [7, 11) is 0. The van der Waals surface area contributed by atoms with Crippen molar-refractivity contribution in [2.24, 2.45) is 0 Å². The molecule has 0 unspecified atom stereocenters. The molecule has 2 amide bonds. The maximum atomic E-state index is 11.9. The number of aromatic nitrogens is 1. The molecule has 1 fully saturated rings. The molecule has 0 aliphatic carbocycles. The molecule has 1 aliphatic heterocycles. The first-order valence-corrected chi connectivity index (χ1v) is 6.76. The van der Waals surface area contributed by atoms with Crippen LogP contribution in [-0.4, -0.2) is 40.0 Å². The predicted octanol–water partition coefficient (Wildman–Crippen LogP) is 0.125. The molecule has 0 saturated carbocycles. The summed E-state index contributed by atoms with van der Waals surface area (Å²) >= 11 is 5.66. The number of nitrogens with one attached hydrogen (secondary N) is 2. The van der Waals surface area contributed by atoms with Gasteiger partial charge in [-0.25, -0.2) is 9.78 Å². The summed E-state index contributed by atoms with van der Waals surface area (Å²) in [6.45, 7) is 0. The second kappa shape index (κ2) is 6.53. The number of halogens is 1. The van der Waals surface area contributed by atoms with Crippen molar-refractivity contribution in [1.82, 2.24) is 15.6 Å². The van der Waals surface area contributed by atoms with Crippen LogP contribution in [0.3, 0.4) is 0 Å². The molecule has 2 heterocycles. The Labute approximate surface area is 125 Å². The van der Waals surface area contributed by atoms with Gasteiger partial charge in [0.05, 0.1) is 0 Å². The van der Waals surface area contributed by atoms with Gasteiger partial charge in [0.15, 0.2) is 0 Å². The molecular formula is C13H14ClN3O4. The minimum atomic E-state index is -1.15. The summed E-state index contributed by atoms with van der Waals surface area (Å²) in [4.78, 5) is 38.1. The Hall–Kier alpha value is -2.15. The Morgan fingerprint density at radius 1 is 1.52 bits per heavy atom. The van der Waals surface area contributed by atoms with E-state index in [-0.39, 0.29) is 18.7 Å². The number of carbonyl (C=O) groups is 3. The molecule has 7 nitrogen and oxygen atoms in total. The summed E-state index contributed by atoms with van der Waals surface area (Å²) in [5, 5.41) is 14.4. The van der Waals surface area contributed by atoms with Gasteiger partial charge in [-0.2, -0.15) is 0 Å². The normalized spacial score (nSPS) is 18.9. The Bertz CT molecular complexity index is 561. The molecule has 2 atom stereocenters. The number of rotatable bonds is 5. The van der Waals surface area contributed by atoms with Crippen molar-refractivity contribution < 1.29 is 19.5 Å². The van der Waals surface area contributed by atoms with Gasteiger partial charge >= 0.3 is 5.97 Å². The Balaban J connectivity index is 1.99. The van der Waals surface area contributed by atoms with Gasteiger partial charge in [-0.05, 0) is 18.1 Å². The lowest BCUT2D eigenvalue weighted by Gasteiger charge is -2.17. The van der Waals surface area contributed by atoms with Crippen molar-refractivity contribution in [3.63, 3.8) is 0 Å². The molecule has 0 bridgehead atoms. The first kappa shape index (κ1) is 15.2. The molecule has 1 aromatic rings. The standard InChI is InChI=1S/C13H14ClN3O4/c14-10-3-1-7(6-15-10)5-9(13(20)21)17-12(19)8-2-4-11(18)16-8/h1,3,6,8-9H,2,4-5H2,(H,16,18)(H,17,19)(H,20,21)/t8-,9+/m0/s1. The molecule has 1 aliphatic rings. The lowest BCUT2D eigenvalue weighted by atomic mass is 10.1. The second-order valence-corrected chi connectivity index (χ2v) is 5.14. The van der Waals surface area contributed by atoms with Crippen molar-refractivity contribution in [2.45, 2.75) is 31.3 Å². The highest BCUT2D eigenvalue weighted by atomic mass is 35.5. The van der Waals surface area contributed by atoms with E-state index in [0.29, 0.717) is 17.1 Å². The molecule has 1 saturated heterocycles. The minimum Gasteiger partial charge on any atom is -0.480 e. The molecule has 3 N–H and O–H groups in total. The van der Waals surface area contributed by atoms with E-state index < -0.39 is 24.0 Å². The van der Waals surface area contributed by atoms with E-state index in [1.807, 2.05) is 0 Å². The lowest BCUT2D eigenvalue weighted by molar-refractivity contribution is -0.142. The number of pyridine rings is 1. The van der Waals surface area contributed by atoms with Crippen molar-refractivity contribution in [3.8, 4) is 0 Å². The fraction of sp³-hybridized carbons (Fsp3) is 0.385. The van der Waals surface area contributed by atoms with Crippen LogP contribution in [0.4, 0.5) is 0 Å². The van der Waals surface area contributed by atoms with Crippen LogP contribution in [0.25, 0.3) is 0 Å². The van der Waals surface area contributed by atoms with Gasteiger partial charge in [-0.15, -0.1) is 0 Å². The van der Waals surface area contributed by atoms with E-state index in [4.69, 9.17) is 11.6 Å². The first-order chi connectivity index (χ1) is 9.95. The quantitative estimate of drug-likeness (QED) is 0.670. The van der Waals surface area contributed by atoms with Gasteiger partial charge in [0, 0.05) is 19.0 Å². The van der Waals surface area contributed by atoms with E-state index in [2.05, 4.69) is 15.6 Å². The maximum Gasteiger partial charge on any atom is 0.326 e. The van der Waals surface area contributed by atoms with E-state index >= 15 is 0 Å². The molecule has 0 radical (unpaired) electrons. The lowest BCUT2D eigenvalue weighted by Crippen LogP contribution is -2.49. The Morgan fingerprint density at radius 2 is 2.29 bits per heavy atom. The largest absolute Gasteiger partial charge is 0.480 e. The highest BCUT2D eigenvalue weighted by Gasteiger charge is 2.30. The summed E-state index contributed by atoms with van der Waals surface area (Å²) < 4.78 is 0. The van der Waals surface area contributed by atoms with Gasteiger partial charge < -0.3 is 15.7 Å². The van der Waals surface area contributed by atoms with Crippen LogP contribution in [0.1, 0.15) is 18.4 Å². The van der Waals surface area contributed by atoms with Crippen LogP contribution in [0.5, 0.6) is 0 Å². The fourth-order valence-corrected chi connectivity index (χ4v) is 2.16. The number of carbonyl (C=O) groups excluding carboxylic acids is 2. The maximum absolute atomic E-state index is 11.9. The fourth-order valence-electron chi connectivity index (χ4n) is 2.05. The molecule has 112 valence electrons. The summed E-state index contributed by atoms with van der Waals surface area (Å²) in [5.74, 6) is -1.85. The van der Waals surface area contributed by atoms with Crippen molar-refractivity contribution in [1.29, 1.82) is 0 Å². The van der Waals surface area contributed by atoms with Crippen LogP contribution >= 0.6 is 11.6 Å². The zero-order valence-electron chi connectivity index (χ0n) is 11.0. The van der Waals surface area contributed by atoms with Gasteiger partial charge in [0.2, 0.25) is 11.8 Å². The number of hydrogen-bond donors (Lipinski definition) is 3. The number of carboxylic acid groups (broad SMARTS) is 1. The molecule has 0 aromatic carbocycles. The number of hydrogen-bond acceptors (Lipinski definition) is 4. The molecular weight excluding hydrogens is 298 g/mol. The highest BCUT2D eigenvalue weighted by molar-refractivity contribution is 6.29. The summed E-state index contributed by atoms with van der Waals surface area (Å²) in [6.07, 6.45) is 2.20. The predicted molar refractivity (Wildman–Crippen MR) is 73.7 cm³/mol. The minimum absolute atomic E-state index is 0.0892. The molecule has 0 spiro atoms. The topological polar surface area (TPSA) is 108 Å². The molecule has 8 heteroatoms. The third-order valence-corrected chi connectivity index (χ3v) is 3.38. The van der Waals surface area contributed by atoms with E-state index in [1.165, 1.54) is 6.20 Å². The third-order valence-electron chi connectivity index (χ3n) is 3.15. The van der Waals surface area contributed by atoms with E-state index in [9.17, 15) is 19.5 Å². The summed E-state index contributed by atoms with van der Waals surface area (Å²) in [6, 6.07) is 1.45. The average molecular weight is 312 g/mol. The van der Waals surface area contributed by atoms with Crippen molar-refractivity contribution in [2.75, 3.05) is 0 Å². The summed E-state index contributed by atoms with van der Waals surface area (Å²) in [5.41, 5.74) is 0.641. The van der Waals surface area contributed by atoms with Crippen LogP contribution in [0, 0.1) is 0 Å². The van der Waals surface area contributed by atoms with Gasteiger partial charge in [-0.3, -0.25) is 9.59 Å². The number of nitrogens with zero attached hydrogens (tertiary/aromatic N) is 1. The van der Waals surface area contributed by atoms with E-state index in [0.717, 1.165) is 0 Å². The highest BCUT2D eigenvalue weighted by Crippen LogP contribution is 2.10. The van der Waals surface area contributed by atoms with Gasteiger partial charge in [0.25, 0.3) is 0 Å².